The second-order valence-electron chi connectivity index (χ2n) is 7.03. The summed E-state index contributed by atoms with van der Waals surface area (Å²) in [6.45, 7) is 10.0. The van der Waals surface area contributed by atoms with Crippen molar-refractivity contribution in [3.05, 3.63) is 58.1 Å². The van der Waals surface area contributed by atoms with Crippen LogP contribution in [0.1, 0.15) is 34.2 Å². The molecule has 2 aromatic rings. The van der Waals surface area contributed by atoms with E-state index < -0.39 is 6.04 Å². The monoisotopic (exact) mass is 336 g/mol. The SMILES string of the molecule is Cc1ccc(N2C(=O)C[C@H](Nc3c(C)cc(C)cc3C)C2=O)c(C)c1. The van der Waals surface area contributed by atoms with Gasteiger partial charge in [-0.25, -0.2) is 4.90 Å². The van der Waals surface area contributed by atoms with E-state index in [0.717, 1.165) is 27.9 Å². The quantitative estimate of drug-likeness (QED) is 0.863. The van der Waals surface area contributed by atoms with E-state index in [1.807, 2.05) is 45.9 Å². The van der Waals surface area contributed by atoms with Crippen molar-refractivity contribution in [2.75, 3.05) is 10.2 Å². The molecule has 1 aliphatic heterocycles. The maximum Gasteiger partial charge on any atom is 0.256 e. The third-order valence-corrected chi connectivity index (χ3v) is 4.74. The van der Waals surface area contributed by atoms with Crippen LogP contribution in [0.3, 0.4) is 0 Å². The van der Waals surface area contributed by atoms with Gasteiger partial charge in [-0.1, -0.05) is 35.4 Å². The summed E-state index contributed by atoms with van der Waals surface area (Å²) in [5.41, 5.74) is 7.03. The van der Waals surface area contributed by atoms with Gasteiger partial charge in [0.05, 0.1) is 12.1 Å². The number of hydrogen-bond acceptors (Lipinski definition) is 3. The summed E-state index contributed by atoms with van der Waals surface area (Å²) in [4.78, 5) is 26.7. The maximum absolute atomic E-state index is 12.9. The standard InChI is InChI=1S/C21H24N2O2/c1-12-6-7-18(14(3)8-12)23-19(24)11-17(21(23)25)22-20-15(4)9-13(2)10-16(20)5/h6-10,17,22H,11H2,1-5H3/t17-/m0/s1. The lowest BCUT2D eigenvalue weighted by molar-refractivity contribution is -0.121. The van der Waals surface area contributed by atoms with Gasteiger partial charge in [-0.2, -0.15) is 0 Å². The first-order valence-corrected chi connectivity index (χ1v) is 8.56. The number of carbonyl (C=O) groups is 2. The van der Waals surface area contributed by atoms with Gasteiger partial charge in [0, 0.05) is 5.69 Å². The van der Waals surface area contributed by atoms with Gasteiger partial charge in [0.2, 0.25) is 5.91 Å². The molecule has 4 nitrogen and oxygen atoms in total. The zero-order valence-electron chi connectivity index (χ0n) is 15.4. The van der Waals surface area contributed by atoms with Crippen LogP contribution in [0.15, 0.2) is 30.3 Å². The number of benzene rings is 2. The lowest BCUT2D eigenvalue weighted by atomic mass is 10.0. The zero-order valence-corrected chi connectivity index (χ0v) is 15.4. The summed E-state index contributed by atoms with van der Waals surface area (Å²) < 4.78 is 0. The number of carbonyl (C=O) groups excluding carboxylic acids is 2. The summed E-state index contributed by atoms with van der Waals surface area (Å²) in [7, 11) is 0. The average molecular weight is 336 g/mol. The fourth-order valence-electron chi connectivity index (χ4n) is 3.64. The molecule has 0 saturated carbocycles. The molecule has 4 heteroatoms. The molecule has 0 bridgehead atoms. The molecule has 0 aromatic heterocycles. The Labute approximate surface area is 148 Å². The Kier molecular flexibility index (Phi) is 4.38. The first kappa shape index (κ1) is 17.2. The number of amides is 2. The molecule has 0 aliphatic carbocycles. The fraction of sp³-hybridized carbons (Fsp3) is 0.333. The van der Waals surface area contributed by atoms with Crippen molar-refractivity contribution in [3.8, 4) is 0 Å². The molecule has 3 rings (SSSR count). The van der Waals surface area contributed by atoms with Gasteiger partial charge in [-0.3, -0.25) is 9.59 Å². The molecule has 130 valence electrons. The number of hydrogen-bond donors (Lipinski definition) is 1. The lowest BCUT2D eigenvalue weighted by Gasteiger charge is -2.20. The van der Waals surface area contributed by atoms with Crippen LogP contribution in [0.2, 0.25) is 0 Å². The molecule has 25 heavy (non-hydrogen) atoms. The number of aryl methyl sites for hydroxylation is 5. The van der Waals surface area contributed by atoms with Crippen LogP contribution in [-0.2, 0) is 9.59 Å². The third-order valence-electron chi connectivity index (χ3n) is 4.74. The van der Waals surface area contributed by atoms with Crippen molar-refractivity contribution in [1.29, 1.82) is 0 Å². The van der Waals surface area contributed by atoms with Crippen LogP contribution in [-0.4, -0.2) is 17.9 Å². The summed E-state index contributed by atoms with van der Waals surface area (Å²) >= 11 is 0. The van der Waals surface area contributed by atoms with Crippen LogP contribution in [0.4, 0.5) is 11.4 Å². The summed E-state index contributed by atoms with van der Waals surface area (Å²) in [5.74, 6) is -0.340. The van der Waals surface area contributed by atoms with Gasteiger partial charge < -0.3 is 5.32 Å². The van der Waals surface area contributed by atoms with Gasteiger partial charge in [0.15, 0.2) is 0 Å². The van der Waals surface area contributed by atoms with Gasteiger partial charge in [0.1, 0.15) is 6.04 Å². The highest BCUT2D eigenvalue weighted by molar-refractivity contribution is 6.23. The summed E-state index contributed by atoms with van der Waals surface area (Å²) in [6.07, 6.45) is 0.179. The van der Waals surface area contributed by atoms with Crippen LogP contribution in [0, 0.1) is 34.6 Å². The number of rotatable bonds is 3. The average Bonchev–Trinajstić information content (AvgIpc) is 2.78. The Morgan fingerprint density at radius 2 is 1.48 bits per heavy atom. The maximum atomic E-state index is 12.9. The Balaban J connectivity index is 1.89. The second kappa shape index (κ2) is 6.36. The predicted molar refractivity (Wildman–Crippen MR) is 101 cm³/mol. The predicted octanol–water partition coefficient (Wildman–Crippen LogP) is 3.97. The summed E-state index contributed by atoms with van der Waals surface area (Å²) in [6, 6.07) is 9.42. The molecular formula is C21H24N2O2. The van der Waals surface area contributed by atoms with Crippen molar-refractivity contribution in [3.63, 3.8) is 0 Å². The van der Waals surface area contributed by atoms with Gasteiger partial charge in [-0.15, -0.1) is 0 Å². The zero-order chi connectivity index (χ0) is 18.3. The highest BCUT2D eigenvalue weighted by Crippen LogP contribution is 2.30. The molecule has 1 fully saturated rings. The first-order chi connectivity index (χ1) is 11.8. The Morgan fingerprint density at radius 1 is 0.880 bits per heavy atom. The third kappa shape index (κ3) is 3.16. The number of imide groups is 1. The van der Waals surface area contributed by atoms with Crippen molar-refractivity contribution in [1.82, 2.24) is 0 Å². The van der Waals surface area contributed by atoms with E-state index >= 15 is 0 Å². The highest BCUT2D eigenvalue weighted by atomic mass is 16.2. The lowest BCUT2D eigenvalue weighted by Crippen LogP contribution is -2.35. The van der Waals surface area contributed by atoms with Crippen LogP contribution in [0.25, 0.3) is 0 Å². The minimum Gasteiger partial charge on any atom is -0.373 e. The minimum absolute atomic E-state index is 0.156. The van der Waals surface area contributed by atoms with Gasteiger partial charge in [-0.05, 0) is 57.4 Å². The smallest absolute Gasteiger partial charge is 0.256 e. The second-order valence-corrected chi connectivity index (χ2v) is 7.03. The topological polar surface area (TPSA) is 49.4 Å². The number of nitrogens with zero attached hydrogens (tertiary/aromatic N) is 1. The Hall–Kier alpha value is -2.62. The first-order valence-electron chi connectivity index (χ1n) is 8.56. The van der Waals surface area contributed by atoms with E-state index in [2.05, 4.69) is 24.4 Å². The molecule has 1 saturated heterocycles. The number of anilines is 2. The van der Waals surface area contributed by atoms with Gasteiger partial charge >= 0.3 is 0 Å². The van der Waals surface area contributed by atoms with Crippen molar-refractivity contribution in [2.45, 2.75) is 47.1 Å². The van der Waals surface area contributed by atoms with E-state index in [1.54, 1.807) is 0 Å². The molecule has 2 amide bonds. The normalized spacial score (nSPS) is 17.3. The Bertz CT molecular complexity index is 847. The molecule has 1 aliphatic rings. The van der Waals surface area contributed by atoms with E-state index in [4.69, 9.17) is 0 Å². The van der Waals surface area contributed by atoms with Gasteiger partial charge in [0.25, 0.3) is 5.91 Å². The summed E-state index contributed by atoms with van der Waals surface area (Å²) in [5, 5.41) is 3.30. The minimum atomic E-state index is -0.520. The molecule has 0 spiro atoms. The van der Waals surface area contributed by atoms with Crippen molar-refractivity contribution in [2.24, 2.45) is 0 Å². The largest absolute Gasteiger partial charge is 0.373 e. The van der Waals surface area contributed by atoms with E-state index in [-0.39, 0.29) is 18.2 Å². The molecule has 2 aromatic carbocycles. The van der Waals surface area contributed by atoms with Crippen LogP contribution < -0.4 is 10.2 Å². The van der Waals surface area contributed by atoms with E-state index in [9.17, 15) is 9.59 Å². The van der Waals surface area contributed by atoms with Crippen LogP contribution in [0.5, 0.6) is 0 Å². The molecule has 1 N–H and O–H groups in total. The molecular weight excluding hydrogens is 312 g/mol. The molecule has 0 radical (unpaired) electrons. The number of nitrogens with one attached hydrogen (secondary N) is 1. The van der Waals surface area contributed by atoms with Crippen molar-refractivity contribution >= 4 is 23.2 Å². The van der Waals surface area contributed by atoms with Crippen molar-refractivity contribution < 1.29 is 9.59 Å². The molecule has 0 unspecified atom stereocenters. The van der Waals surface area contributed by atoms with Crippen LogP contribution >= 0.6 is 0 Å². The molecule has 1 atom stereocenters. The van der Waals surface area contributed by atoms with E-state index in [1.165, 1.54) is 10.5 Å². The highest BCUT2D eigenvalue weighted by Gasteiger charge is 2.40. The van der Waals surface area contributed by atoms with E-state index in [0.29, 0.717) is 5.69 Å². The molecule has 1 heterocycles. The Morgan fingerprint density at radius 3 is 2.08 bits per heavy atom. The fourth-order valence-corrected chi connectivity index (χ4v) is 3.64.